The van der Waals surface area contributed by atoms with E-state index < -0.39 is 11.9 Å². The molecule has 1 aliphatic heterocycles. The number of hydrogen-bond donors (Lipinski definition) is 3. The summed E-state index contributed by atoms with van der Waals surface area (Å²) in [5, 5.41) is 12.3. The van der Waals surface area contributed by atoms with Gasteiger partial charge in [0.2, 0.25) is 5.89 Å². The first kappa shape index (κ1) is 22.3. The Hall–Kier alpha value is -2.40. The molecule has 0 aliphatic carbocycles. The van der Waals surface area contributed by atoms with Crippen LogP contribution in [-0.4, -0.2) is 66.4 Å². The largest absolute Gasteiger partial charge is 0.374 e. The van der Waals surface area contributed by atoms with Crippen molar-refractivity contribution in [3.63, 3.8) is 0 Å². The number of carbonyl (C=O) groups is 2. The van der Waals surface area contributed by atoms with Crippen molar-refractivity contribution in [2.24, 2.45) is 0 Å². The first-order valence-corrected chi connectivity index (χ1v) is 10.0. The van der Waals surface area contributed by atoms with Crippen LogP contribution in [-0.2, 0) is 17.8 Å². The van der Waals surface area contributed by atoms with E-state index >= 15 is 0 Å². The van der Waals surface area contributed by atoms with Crippen molar-refractivity contribution in [3.05, 3.63) is 45.5 Å². The zero-order chi connectivity index (χ0) is 21.5. The van der Waals surface area contributed by atoms with Crippen molar-refractivity contribution < 1.29 is 18.8 Å². The van der Waals surface area contributed by atoms with Crippen LogP contribution in [0, 0.1) is 0 Å². The molecule has 12 heteroatoms. The molecular formula is C18H22Cl2N6O4. The van der Waals surface area contributed by atoms with Gasteiger partial charge in [0, 0.05) is 33.2 Å². The fraction of sp³-hybridized carbons (Fsp3) is 0.444. The number of benzene rings is 1. The minimum Gasteiger partial charge on any atom is -0.374 e. The van der Waals surface area contributed by atoms with Gasteiger partial charge in [0.25, 0.3) is 11.7 Å². The van der Waals surface area contributed by atoms with E-state index in [2.05, 4.69) is 31.0 Å². The maximum atomic E-state index is 12.0. The Labute approximate surface area is 183 Å². The van der Waals surface area contributed by atoms with Crippen molar-refractivity contribution >= 4 is 35.1 Å². The molecule has 1 fully saturated rings. The molecule has 1 aromatic heterocycles. The van der Waals surface area contributed by atoms with Crippen LogP contribution in [0.25, 0.3) is 0 Å². The number of nitrogens with zero attached hydrogens (tertiary/aromatic N) is 3. The third-order valence-corrected chi connectivity index (χ3v) is 5.14. The van der Waals surface area contributed by atoms with Crippen molar-refractivity contribution in [1.29, 1.82) is 0 Å². The summed E-state index contributed by atoms with van der Waals surface area (Å²) < 4.78 is 10.6. The SMILES string of the molecule is CNC(=O)c1noc(CNC(=O)NC[C@H]2CN(Cc3ccc(Cl)c(Cl)c3)CCO2)n1. The summed E-state index contributed by atoms with van der Waals surface area (Å²) in [5.74, 6) is -0.424. The van der Waals surface area contributed by atoms with Gasteiger partial charge in [-0.3, -0.25) is 9.69 Å². The first-order chi connectivity index (χ1) is 14.4. The summed E-state index contributed by atoms with van der Waals surface area (Å²) in [6, 6.07) is 5.18. The summed E-state index contributed by atoms with van der Waals surface area (Å²) in [7, 11) is 1.46. The Morgan fingerprint density at radius 1 is 1.27 bits per heavy atom. The number of carbonyl (C=O) groups excluding carboxylic acids is 2. The van der Waals surface area contributed by atoms with E-state index in [4.69, 9.17) is 32.5 Å². The van der Waals surface area contributed by atoms with Gasteiger partial charge in [-0.2, -0.15) is 4.98 Å². The molecule has 3 amide bonds. The van der Waals surface area contributed by atoms with Crippen LogP contribution >= 0.6 is 23.2 Å². The highest BCUT2D eigenvalue weighted by Gasteiger charge is 2.21. The second-order valence-electron chi connectivity index (χ2n) is 6.63. The molecular weight excluding hydrogens is 435 g/mol. The molecule has 3 N–H and O–H groups in total. The van der Waals surface area contributed by atoms with Crippen LogP contribution < -0.4 is 16.0 Å². The molecule has 1 atom stereocenters. The number of rotatable bonds is 7. The van der Waals surface area contributed by atoms with Gasteiger partial charge >= 0.3 is 6.03 Å². The van der Waals surface area contributed by atoms with Gasteiger partial charge in [0.05, 0.1) is 29.3 Å². The Morgan fingerprint density at radius 3 is 2.87 bits per heavy atom. The Kier molecular flexibility index (Phi) is 7.86. The summed E-state index contributed by atoms with van der Waals surface area (Å²) in [4.78, 5) is 29.5. The third kappa shape index (κ3) is 6.30. The maximum Gasteiger partial charge on any atom is 0.315 e. The highest BCUT2D eigenvalue weighted by atomic mass is 35.5. The van der Waals surface area contributed by atoms with Gasteiger partial charge in [0.1, 0.15) is 0 Å². The molecule has 2 aromatic rings. The zero-order valence-electron chi connectivity index (χ0n) is 16.3. The fourth-order valence-corrected chi connectivity index (χ4v) is 3.22. The lowest BCUT2D eigenvalue weighted by atomic mass is 10.2. The number of urea groups is 1. The molecule has 0 unspecified atom stereocenters. The molecule has 162 valence electrons. The smallest absolute Gasteiger partial charge is 0.315 e. The minimum absolute atomic E-state index is 0.00476. The monoisotopic (exact) mass is 456 g/mol. The lowest BCUT2D eigenvalue weighted by Crippen LogP contribution is -2.48. The molecule has 1 aliphatic rings. The lowest BCUT2D eigenvalue weighted by Gasteiger charge is -2.33. The van der Waals surface area contributed by atoms with Crippen molar-refractivity contribution in [3.8, 4) is 0 Å². The summed E-state index contributed by atoms with van der Waals surface area (Å²) in [5.41, 5.74) is 1.06. The van der Waals surface area contributed by atoms with Gasteiger partial charge in [0.15, 0.2) is 0 Å². The van der Waals surface area contributed by atoms with Gasteiger partial charge in [-0.15, -0.1) is 0 Å². The Bertz CT molecular complexity index is 893. The second kappa shape index (κ2) is 10.6. The van der Waals surface area contributed by atoms with Crippen molar-refractivity contribution in [1.82, 2.24) is 31.0 Å². The number of halogens is 2. The molecule has 3 rings (SSSR count). The maximum absolute atomic E-state index is 12.0. The van der Waals surface area contributed by atoms with Crippen LogP contribution in [0.3, 0.4) is 0 Å². The van der Waals surface area contributed by atoms with E-state index in [1.165, 1.54) is 7.05 Å². The second-order valence-corrected chi connectivity index (χ2v) is 7.45. The normalized spacial score (nSPS) is 16.8. The minimum atomic E-state index is -0.464. The van der Waals surface area contributed by atoms with E-state index in [-0.39, 0.29) is 24.4 Å². The highest BCUT2D eigenvalue weighted by molar-refractivity contribution is 6.42. The Morgan fingerprint density at radius 2 is 2.10 bits per heavy atom. The van der Waals surface area contributed by atoms with Crippen LogP contribution in [0.1, 0.15) is 22.1 Å². The topological polar surface area (TPSA) is 122 Å². The standard InChI is InChI=1S/C18H22Cl2N6O4/c1-21-17(27)16-24-15(30-25-16)8-23-18(28)22-7-12-10-26(4-5-29-12)9-11-2-3-13(19)14(20)6-11/h2-3,6,12H,4-5,7-10H2,1H3,(H,21,27)(H2,22,23,28)/t12-/m0/s1. The van der Waals surface area contributed by atoms with Crippen molar-refractivity contribution in [2.75, 3.05) is 33.3 Å². The van der Waals surface area contributed by atoms with E-state index in [0.29, 0.717) is 36.3 Å². The quantitative estimate of drug-likeness (QED) is 0.575. The summed E-state index contributed by atoms with van der Waals surface area (Å²) in [6.07, 6.45) is -0.143. The zero-order valence-corrected chi connectivity index (χ0v) is 17.8. The number of amides is 3. The molecule has 2 heterocycles. The predicted octanol–water partition coefficient (Wildman–Crippen LogP) is 1.44. The van der Waals surface area contributed by atoms with Crippen LogP contribution in [0.4, 0.5) is 4.79 Å². The van der Waals surface area contributed by atoms with Crippen LogP contribution in [0.15, 0.2) is 22.7 Å². The van der Waals surface area contributed by atoms with E-state index in [0.717, 1.165) is 12.1 Å². The summed E-state index contributed by atoms with van der Waals surface area (Å²) >= 11 is 12.0. The van der Waals surface area contributed by atoms with E-state index in [9.17, 15) is 9.59 Å². The van der Waals surface area contributed by atoms with Gasteiger partial charge in [-0.1, -0.05) is 34.4 Å². The molecule has 0 spiro atoms. The third-order valence-electron chi connectivity index (χ3n) is 4.40. The van der Waals surface area contributed by atoms with Gasteiger partial charge < -0.3 is 25.2 Å². The van der Waals surface area contributed by atoms with Gasteiger partial charge in [-0.25, -0.2) is 4.79 Å². The van der Waals surface area contributed by atoms with Gasteiger partial charge in [-0.05, 0) is 17.7 Å². The van der Waals surface area contributed by atoms with E-state index in [1.807, 2.05) is 12.1 Å². The van der Waals surface area contributed by atoms with Crippen LogP contribution in [0.2, 0.25) is 10.0 Å². The number of aromatic nitrogens is 2. The number of hydrogen-bond acceptors (Lipinski definition) is 7. The average Bonchev–Trinajstić information content (AvgIpc) is 3.22. The lowest BCUT2D eigenvalue weighted by molar-refractivity contribution is -0.0287. The molecule has 0 radical (unpaired) electrons. The fourth-order valence-electron chi connectivity index (χ4n) is 2.90. The predicted molar refractivity (Wildman–Crippen MR) is 109 cm³/mol. The molecule has 0 bridgehead atoms. The first-order valence-electron chi connectivity index (χ1n) is 9.29. The molecule has 1 aromatic carbocycles. The average molecular weight is 457 g/mol. The van der Waals surface area contributed by atoms with Crippen LogP contribution in [0.5, 0.6) is 0 Å². The molecule has 1 saturated heterocycles. The number of ether oxygens (including phenoxy) is 1. The number of morpholine rings is 1. The number of nitrogens with one attached hydrogen (secondary N) is 3. The Balaban J connectivity index is 1.40. The van der Waals surface area contributed by atoms with Crippen molar-refractivity contribution in [2.45, 2.75) is 19.2 Å². The molecule has 0 saturated carbocycles. The molecule has 10 nitrogen and oxygen atoms in total. The highest BCUT2D eigenvalue weighted by Crippen LogP contribution is 2.23. The molecule has 30 heavy (non-hydrogen) atoms. The van der Waals surface area contributed by atoms with E-state index in [1.54, 1.807) is 6.07 Å². The summed E-state index contributed by atoms with van der Waals surface area (Å²) in [6.45, 7) is 3.09.